The maximum atomic E-state index is 4.92. The minimum atomic E-state index is -0.897. The Morgan fingerprint density at radius 2 is 2.33 bits per heavy atom. The van der Waals surface area contributed by atoms with Crippen molar-refractivity contribution in [3.8, 4) is 0 Å². The number of hydrogen-bond donors (Lipinski definition) is 0. The highest BCUT2D eigenvalue weighted by Gasteiger charge is 1.88. The molecule has 6 heavy (non-hydrogen) atoms. The van der Waals surface area contributed by atoms with Crippen molar-refractivity contribution in [3.05, 3.63) is 12.3 Å². The third-order valence-corrected chi connectivity index (χ3v) is 2.11. The van der Waals surface area contributed by atoms with E-state index in [9.17, 15) is 0 Å². The Labute approximate surface area is 40.4 Å². The van der Waals surface area contributed by atoms with E-state index in [0.29, 0.717) is 0 Å². The number of hydrogen-bond acceptors (Lipinski definition) is 1. The van der Waals surface area contributed by atoms with Crippen molar-refractivity contribution in [1.82, 2.24) is 0 Å². The zero-order chi connectivity index (χ0) is 4.99. The molecule has 0 radical (unpaired) electrons. The van der Waals surface area contributed by atoms with Crippen LogP contribution in [-0.4, -0.2) is 16.2 Å². The average molecular weight is 102 g/mol. The molecule has 0 spiro atoms. The first-order valence-electron chi connectivity index (χ1n) is 1.96. The van der Waals surface area contributed by atoms with Crippen molar-refractivity contribution in [2.24, 2.45) is 0 Å². The zero-order valence-electron chi connectivity index (χ0n) is 4.27. The molecule has 0 rings (SSSR count). The lowest BCUT2D eigenvalue weighted by atomic mass is 11.3. The van der Waals surface area contributed by atoms with Gasteiger partial charge in [-0.05, 0) is 6.55 Å². The van der Waals surface area contributed by atoms with Gasteiger partial charge >= 0.3 is 0 Å². The van der Waals surface area contributed by atoms with Crippen LogP contribution in [0.3, 0.4) is 0 Å². The Hall–Kier alpha value is -0.0831. The van der Waals surface area contributed by atoms with Crippen LogP contribution in [-0.2, 0) is 4.43 Å². The van der Waals surface area contributed by atoms with Crippen LogP contribution in [0.4, 0.5) is 0 Å². The molecule has 0 aliphatic rings. The summed E-state index contributed by atoms with van der Waals surface area (Å²) in [6.45, 7) is 5.64. The van der Waals surface area contributed by atoms with Crippen molar-refractivity contribution in [2.75, 3.05) is 7.11 Å². The first-order valence-corrected chi connectivity index (χ1v) is 4.26. The topological polar surface area (TPSA) is 9.23 Å². The minimum Gasteiger partial charge on any atom is -0.419 e. The van der Waals surface area contributed by atoms with Crippen LogP contribution < -0.4 is 0 Å². The van der Waals surface area contributed by atoms with Crippen molar-refractivity contribution in [1.29, 1.82) is 0 Å². The molecule has 0 amide bonds. The lowest BCUT2D eigenvalue weighted by Gasteiger charge is -1.94. The fourth-order valence-corrected chi connectivity index (χ4v) is 0.289. The van der Waals surface area contributed by atoms with E-state index < -0.39 is 9.04 Å². The van der Waals surface area contributed by atoms with Crippen LogP contribution in [0.2, 0.25) is 6.55 Å². The van der Waals surface area contributed by atoms with Crippen LogP contribution in [0.1, 0.15) is 0 Å². The summed E-state index contributed by atoms with van der Waals surface area (Å²) < 4.78 is 4.92. The molecule has 1 atom stereocenters. The standard InChI is InChI=1S/C4H10OSi/c1-4-6(3)5-2/h4,6H,1H2,2-3H3. The van der Waals surface area contributed by atoms with Gasteiger partial charge in [-0.3, -0.25) is 0 Å². The fraction of sp³-hybridized carbons (Fsp3) is 0.500. The smallest absolute Gasteiger partial charge is 0.196 e. The summed E-state index contributed by atoms with van der Waals surface area (Å²) in [7, 11) is 0.824. The van der Waals surface area contributed by atoms with Crippen LogP contribution in [0.15, 0.2) is 12.3 Å². The summed E-state index contributed by atoms with van der Waals surface area (Å²) in [5.41, 5.74) is 1.89. The molecule has 1 unspecified atom stereocenters. The van der Waals surface area contributed by atoms with Gasteiger partial charge in [0, 0.05) is 7.11 Å². The SMILES string of the molecule is C=C[SiH](C)OC. The van der Waals surface area contributed by atoms with Crippen LogP contribution in [0.25, 0.3) is 0 Å². The second-order valence-electron chi connectivity index (χ2n) is 1.18. The average Bonchev–Trinajstić information content (AvgIpc) is 1.65. The van der Waals surface area contributed by atoms with Gasteiger partial charge in [0.25, 0.3) is 0 Å². The highest BCUT2D eigenvalue weighted by Crippen LogP contribution is 1.78. The first-order chi connectivity index (χ1) is 2.81. The van der Waals surface area contributed by atoms with Crippen molar-refractivity contribution in [3.63, 3.8) is 0 Å². The molecule has 0 aliphatic heterocycles. The van der Waals surface area contributed by atoms with Crippen molar-refractivity contribution < 1.29 is 4.43 Å². The molecule has 0 aromatic carbocycles. The summed E-state index contributed by atoms with van der Waals surface area (Å²) in [6, 6.07) is 0. The van der Waals surface area contributed by atoms with Gasteiger partial charge < -0.3 is 4.43 Å². The first kappa shape index (κ1) is 5.92. The molecule has 0 saturated heterocycles. The highest BCUT2D eigenvalue weighted by molar-refractivity contribution is 6.55. The maximum Gasteiger partial charge on any atom is 0.196 e. The fourth-order valence-electron chi connectivity index (χ4n) is 0.0962. The molecule has 0 fully saturated rings. The largest absolute Gasteiger partial charge is 0.419 e. The minimum absolute atomic E-state index is 0.897. The van der Waals surface area contributed by atoms with Gasteiger partial charge in [0.15, 0.2) is 9.04 Å². The molecular formula is C4H10OSi. The lowest BCUT2D eigenvalue weighted by Crippen LogP contribution is -2.04. The van der Waals surface area contributed by atoms with E-state index in [0.717, 1.165) is 0 Å². The quantitative estimate of drug-likeness (QED) is 0.467. The van der Waals surface area contributed by atoms with E-state index in [4.69, 9.17) is 4.43 Å². The summed E-state index contributed by atoms with van der Waals surface area (Å²) in [4.78, 5) is 0. The van der Waals surface area contributed by atoms with Gasteiger partial charge in [0.05, 0.1) is 0 Å². The van der Waals surface area contributed by atoms with Gasteiger partial charge in [-0.2, -0.15) is 0 Å². The Bertz CT molecular complexity index is 44.8. The Balaban J connectivity index is 2.96. The molecule has 1 nitrogen and oxygen atoms in total. The Morgan fingerprint density at radius 3 is 2.33 bits per heavy atom. The third kappa shape index (κ3) is 2.17. The van der Waals surface area contributed by atoms with E-state index in [2.05, 4.69) is 13.1 Å². The molecule has 2 heteroatoms. The van der Waals surface area contributed by atoms with Gasteiger partial charge in [-0.15, -0.1) is 6.58 Å². The maximum absolute atomic E-state index is 4.92. The van der Waals surface area contributed by atoms with E-state index >= 15 is 0 Å². The van der Waals surface area contributed by atoms with Crippen LogP contribution >= 0.6 is 0 Å². The summed E-state index contributed by atoms with van der Waals surface area (Å²) >= 11 is 0. The Kier molecular flexibility index (Phi) is 3.08. The molecule has 0 bridgehead atoms. The van der Waals surface area contributed by atoms with E-state index in [-0.39, 0.29) is 0 Å². The zero-order valence-corrected chi connectivity index (χ0v) is 5.42. The molecule has 36 valence electrons. The summed E-state index contributed by atoms with van der Waals surface area (Å²) in [6.07, 6.45) is 0. The summed E-state index contributed by atoms with van der Waals surface area (Å²) in [5, 5.41) is 0. The van der Waals surface area contributed by atoms with Gasteiger partial charge in [-0.1, -0.05) is 5.70 Å². The molecule has 0 saturated carbocycles. The second-order valence-corrected chi connectivity index (χ2v) is 3.53. The third-order valence-electron chi connectivity index (χ3n) is 0.704. The second kappa shape index (κ2) is 3.12. The normalized spacial score (nSPS) is 13.7. The van der Waals surface area contributed by atoms with Gasteiger partial charge in [0.2, 0.25) is 0 Å². The lowest BCUT2D eigenvalue weighted by molar-refractivity contribution is 0.434. The molecule has 0 aliphatic carbocycles. The van der Waals surface area contributed by atoms with Crippen molar-refractivity contribution in [2.45, 2.75) is 6.55 Å². The van der Waals surface area contributed by atoms with Gasteiger partial charge in [0.1, 0.15) is 0 Å². The van der Waals surface area contributed by atoms with E-state index in [1.807, 2.05) is 5.70 Å². The van der Waals surface area contributed by atoms with E-state index in [1.54, 1.807) is 7.11 Å². The molecule has 0 heterocycles. The summed E-state index contributed by atoms with van der Waals surface area (Å²) in [5.74, 6) is 0. The van der Waals surface area contributed by atoms with E-state index in [1.165, 1.54) is 0 Å². The molecular weight excluding hydrogens is 92.1 g/mol. The van der Waals surface area contributed by atoms with Crippen LogP contribution in [0, 0.1) is 0 Å². The predicted octanol–water partition coefficient (Wildman–Crippen LogP) is 0.712. The highest BCUT2D eigenvalue weighted by atomic mass is 28.3. The predicted molar refractivity (Wildman–Crippen MR) is 30.2 cm³/mol. The monoisotopic (exact) mass is 102 g/mol. The van der Waals surface area contributed by atoms with Crippen molar-refractivity contribution >= 4 is 9.04 Å². The van der Waals surface area contributed by atoms with Crippen LogP contribution in [0.5, 0.6) is 0 Å². The molecule has 0 N–H and O–H groups in total. The Morgan fingerprint density at radius 1 is 1.83 bits per heavy atom. The number of rotatable bonds is 2. The van der Waals surface area contributed by atoms with Gasteiger partial charge in [-0.25, -0.2) is 0 Å². The molecule has 0 aromatic heterocycles. The molecule has 0 aromatic rings.